The highest BCUT2D eigenvalue weighted by Gasteiger charge is 2.16. The molecule has 2 aromatic rings. The highest BCUT2D eigenvalue weighted by atomic mass is 16.5. The Bertz CT molecular complexity index is 708. The molecule has 1 amide bonds. The van der Waals surface area contributed by atoms with Crippen LogP contribution in [0.15, 0.2) is 54.6 Å². The Labute approximate surface area is 142 Å². The Morgan fingerprint density at radius 1 is 1.17 bits per heavy atom. The molecule has 5 heteroatoms. The molecule has 0 bridgehead atoms. The smallest absolute Gasteiger partial charge is 0.258 e. The molecule has 24 heavy (non-hydrogen) atoms. The summed E-state index contributed by atoms with van der Waals surface area (Å²) in [5.41, 5.74) is 1.45. The van der Waals surface area contributed by atoms with Crippen molar-refractivity contribution >= 4 is 5.91 Å². The molecule has 2 rings (SSSR count). The van der Waals surface area contributed by atoms with Crippen molar-refractivity contribution < 1.29 is 9.53 Å². The van der Waals surface area contributed by atoms with Gasteiger partial charge in [0.2, 0.25) is 0 Å². The lowest BCUT2D eigenvalue weighted by molar-refractivity contribution is -0.124. The maximum Gasteiger partial charge on any atom is 0.258 e. The number of hydrogen-bond acceptors (Lipinski definition) is 4. The van der Waals surface area contributed by atoms with E-state index in [0.29, 0.717) is 17.9 Å². The maximum atomic E-state index is 12.2. The van der Waals surface area contributed by atoms with Gasteiger partial charge < -0.3 is 15.0 Å². The van der Waals surface area contributed by atoms with E-state index in [9.17, 15) is 4.79 Å². The Hall–Kier alpha value is -2.84. The molecule has 0 radical (unpaired) electrons. The second kappa shape index (κ2) is 8.70. The molecule has 0 saturated carbocycles. The number of ether oxygens (including phenoxy) is 1. The Kier molecular flexibility index (Phi) is 6.35. The van der Waals surface area contributed by atoms with Gasteiger partial charge >= 0.3 is 0 Å². The van der Waals surface area contributed by atoms with Gasteiger partial charge in [-0.3, -0.25) is 4.79 Å². The highest BCUT2D eigenvalue weighted by molar-refractivity contribution is 5.78. The summed E-state index contributed by atoms with van der Waals surface area (Å²) in [6.45, 7) is 0.556. The number of nitriles is 1. The fraction of sp³-hybridized carbons (Fsp3) is 0.263. The minimum Gasteiger partial charge on any atom is -0.482 e. The third-order valence-corrected chi connectivity index (χ3v) is 3.45. The number of hydrogen-bond donors (Lipinski definition) is 1. The minimum absolute atomic E-state index is 0.122. The van der Waals surface area contributed by atoms with Crippen molar-refractivity contribution in [3.05, 3.63) is 65.7 Å². The molecule has 124 valence electrons. The van der Waals surface area contributed by atoms with Crippen LogP contribution in [0.3, 0.4) is 0 Å². The summed E-state index contributed by atoms with van der Waals surface area (Å²) < 4.78 is 5.48. The van der Waals surface area contributed by atoms with E-state index < -0.39 is 0 Å². The second-order valence-electron chi connectivity index (χ2n) is 5.69. The third kappa shape index (κ3) is 5.11. The summed E-state index contributed by atoms with van der Waals surface area (Å²) in [4.78, 5) is 14.3. The van der Waals surface area contributed by atoms with Gasteiger partial charge in [0.25, 0.3) is 5.91 Å². The molecule has 5 nitrogen and oxygen atoms in total. The van der Waals surface area contributed by atoms with Crippen LogP contribution < -0.4 is 10.1 Å². The zero-order valence-electron chi connectivity index (χ0n) is 13.9. The largest absolute Gasteiger partial charge is 0.482 e. The number of amides is 1. The van der Waals surface area contributed by atoms with Crippen molar-refractivity contribution in [2.45, 2.75) is 6.04 Å². The number of para-hydroxylation sites is 1. The number of carbonyl (C=O) groups excluding carboxylic acids is 1. The number of likely N-dealkylation sites (N-methyl/N-ethyl adjacent to an activating group) is 1. The summed E-state index contributed by atoms with van der Waals surface area (Å²) in [7, 11) is 3.92. The lowest BCUT2D eigenvalue weighted by atomic mass is 10.1. The van der Waals surface area contributed by atoms with E-state index in [2.05, 4.69) is 5.32 Å². The lowest BCUT2D eigenvalue weighted by Gasteiger charge is -2.23. The Morgan fingerprint density at radius 3 is 2.50 bits per heavy atom. The molecule has 0 heterocycles. The quantitative estimate of drug-likeness (QED) is 0.849. The van der Waals surface area contributed by atoms with E-state index in [0.717, 1.165) is 5.56 Å². The first-order valence-corrected chi connectivity index (χ1v) is 7.71. The maximum absolute atomic E-state index is 12.2. The van der Waals surface area contributed by atoms with Gasteiger partial charge in [-0.1, -0.05) is 42.5 Å². The van der Waals surface area contributed by atoms with Gasteiger partial charge in [0.1, 0.15) is 11.8 Å². The van der Waals surface area contributed by atoms with Gasteiger partial charge in [0.15, 0.2) is 6.61 Å². The molecular weight excluding hydrogens is 302 g/mol. The highest BCUT2D eigenvalue weighted by Crippen LogP contribution is 2.17. The predicted molar refractivity (Wildman–Crippen MR) is 92.5 cm³/mol. The van der Waals surface area contributed by atoms with Crippen LogP contribution in [-0.2, 0) is 4.79 Å². The third-order valence-electron chi connectivity index (χ3n) is 3.45. The molecule has 0 aliphatic rings. The van der Waals surface area contributed by atoms with Crippen LogP contribution in [0.5, 0.6) is 5.75 Å². The van der Waals surface area contributed by atoms with Gasteiger partial charge in [-0.05, 0) is 31.8 Å². The van der Waals surface area contributed by atoms with E-state index in [-0.39, 0.29) is 18.6 Å². The van der Waals surface area contributed by atoms with Crippen LogP contribution in [0.2, 0.25) is 0 Å². The van der Waals surface area contributed by atoms with E-state index in [4.69, 9.17) is 10.00 Å². The number of nitrogens with one attached hydrogen (secondary N) is 1. The summed E-state index contributed by atoms with van der Waals surface area (Å²) >= 11 is 0. The molecule has 0 aromatic heterocycles. The molecular formula is C19H21N3O2. The first-order chi connectivity index (χ1) is 11.6. The number of benzene rings is 2. The van der Waals surface area contributed by atoms with Crippen LogP contribution >= 0.6 is 0 Å². The fourth-order valence-corrected chi connectivity index (χ4v) is 2.35. The average Bonchev–Trinajstić information content (AvgIpc) is 2.60. The van der Waals surface area contributed by atoms with Crippen LogP contribution in [-0.4, -0.2) is 38.1 Å². The molecule has 0 spiro atoms. The SMILES string of the molecule is CN(C)C[C@@H](NC(=O)COc1ccccc1C#N)c1ccccc1. The molecule has 0 fully saturated rings. The van der Waals surface area contributed by atoms with Gasteiger partial charge in [-0.2, -0.15) is 5.26 Å². The van der Waals surface area contributed by atoms with Crippen molar-refractivity contribution in [3.8, 4) is 11.8 Å². The number of carbonyl (C=O) groups is 1. The molecule has 1 atom stereocenters. The van der Waals surface area contributed by atoms with Crippen LogP contribution in [0.4, 0.5) is 0 Å². The monoisotopic (exact) mass is 323 g/mol. The predicted octanol–water partition coefficient (Wildman–Crippen LogP) is 2.36. The normalized spacial score (nSPS) is 11.6. The topological polar surface area (TPSA) is 65.4 Å². The van der Waals surface area contributed by atoms with Crippen molar-refractivity contribution in [1.82, 2.24) is 10.2 Å². The van der Waals surface area contributed by atoms with Crippen LogP contribution in [0, 0.1) is 11.3 Å². The average molecular weight is 323 g/mol. The van der Waals surface area contributed by atoms with Crippen molar-refractivity contribution in [2.24, 2.45) is 0 Å². The van der Waals surface area contributed by atoms with Gasteiger partial charge in [0.05, 0.1) is 11.6 Å². The summed E-state index contributed by atoms with van der Waals surface area (Å²) in [5, 5.41) is 12.0. The van der Waals surface area contributed by atoms with Crippen molar-refractivity contribution in [2.75, 3.05) is 27.2 Å². The molecule has 0 saturated heterocycles. The standard InChI is InChI=1S/C19H21N3O2/c1-22(2)13-17(15-8-4-3-5-9-15)21-19(23)14-24-18-11-7-6-10-16(18)12-20/h3-11,17H,13-14H2,1-2H3,(H,21,23)/t17-/m1/s1. The number of rotatable bonds is 7. The van der Waals surface area contributed by atoms with E-state index in [1.165, 1.54) is 0 Å². The zero-order valence-corrected chi connectivity index (χ0v) is 13.9. The van der Waals surface area contributed by atoms with Crippen LogP contribution in [0.1, 0.15) is 17.2 Å². The molecule has 0 aliphatic heterocycles. The summed E-state index contributed by atoms with van der Waals surface area (Å²) in [6.07, 6.45) is 0. The summed E-state index contributed by atoms with van der Waals surface area (Å²) in [5.74, 6) is 0.192. The van der Waals surface area contributed by atoms with E-state index >= 15 is 0 Å². The fourth-order valence-electron chi connectivity index (χ4n) is 2.35. The van der Waals surface area contributed by atoms with E-state index in [1.807, 2.05) is 55.4 Å². The van der Waals surface area contributed by atoms with Crippen molar-refractivity contribution in [3.63, 3.8) is 0 Å². The molecule has 2 aromatic carbocycles. The molecule has 0 unspecified atom stereocenters. The lowest BCUT2D eigenvalue weighted by Crippen LogP contribution is -2.37. The van der Waals surface area contributed by atoms with Gasteiger partial charge in [-0.25, -0.2) is 0 Å². The van der Waals surface area contributed by atoms with Crippen molar-refractivity contribution in [1.29, 1.82) is 5.26 Å². The molecule has 0 aliphatic carbocycles. The van der Waals surface area contributed by atoms with Crippen LogP contribution in [0.25, 0.3) is 0 Å². The van der Waals surface area contributed by atoms with Gasteiger partial charge in [-0.15, -0.1) is 0 Å². The Morgan fingerprint density at radius 2 is 1.83 bits per heavy atom. The Balaban J connectivity index is 1.99. The molecule has 1 N–H and O–H groups in total. The zero-order chi connectivity index (χ0) is 17.4. The summed E-state index contributed by atoms with van der Waals surface area (Å²) in [6, 6.07) is 18.6. The van der Waals surface area contributed by atoms with Gasteiger partial charge in [0, 0.05) is 6.54 Å². The first kappa shape index (κ1) is 17.5. The number of nitrogens with zero attached hydrogens (tertiary/aromatic N) is 2. The second-order valence-corrected chi connectivity index (χ2v) is 5.69. The minimum atomic E-state index is -0.224. The first-order valence-electron chi connectivity index (χ1n) is 7.71. The van der Waals surface area contributed by atoms with E-state index in [1.54, 1.807) is 24.3 Å².